The van der Waals surface area contributed by atoms with Gasteiger partial charge in [-0.1, -0.05) is 19.1 Å². The first-order chi connectivity index (χ1) is 10.2. The number of nitrogens with one attached hydrogen (secondary N) is 1. The average molecular weight is 293 g/mol. The first-order valence-corrected chi connectivity index (χ1v) is 7.63. The molecule has 116 valence electrons. The molecule has 0 saturated carbocycles. The highest BCUT2D eigenvalue weighted by Gasteiger charge is 2.18. The zero-order valence-electron chi connectivity index (χ0n) is 12.6. The quantitative estimate of drug-likeness (QED) is 0.863. The SMILES string of the molecule is CCCNC(=O)CN1CCN(Cc2ccc(F)cc2)CC1. The second-order valence-corrected chi connectivity index (χ2v) is 5.53. The number of rotatable bonds is 6. The number of nitrogens with zero attached hydrogens (tertiary/aromatic N) is 2. The molecule has 1 aromatic carbocycles. The van der Waals surface area contributed by atoms with Crippen molar-refractivity contribution in [3.8, 4) is 0 Å². The molecule has 5 heteroatoms. The summed E-state index contributed by atoms with van der Waals surface area (Å²) in [5.41, 5.74) is 1.13. The van der Waals surface area contributed by atoms with Gasteiger partial charge in [-0.2, -0.15) is 0 Å². The molecule has 1 amide bonds. The summed E-state index contributed by atoms with van der Waals surface area (Å²) in [5, 5.41) is 2.91. The van der Waals surface area contributed by atoms with Crippen molar-refractivity contribution >= 4 is 5.91 Å². The van der Waals surface area contributed by atoms with Crippen LogP contribution in [0.1, 0.15) is 18.9 Å². The Kier molecular flexibility index (Phi) is 6.14. The second kappa shape index (κ2) is 8.10. The maximum Gasteiger partial charge on any atom is 0.234 e. The number of amides is 1. The van der Waals surface area contributed by atoms with Crippen LogP contribution in [0.2, 0.25) is 0 Å². The maximum atomic E-state index is 12.9. The standard InChI is InChI=1S/C16H24FN3O/c1-2-7-18-16(21)13-20-10-8-19(9-11-20)12-14-3-5-15(17)6-4-14/h3-6H,2,7-13H2,1H3,(H,18,21). The highest BCUT2D eigenvalue weighted by atomic mass is 19.1. The lowest BCUT2D eigenvalue weighted by atomic mass is 10.2. The van der Waals surface area contributed by atoms with Gasteiger partial charge in [-0.3, -0.25) is 14.6 Å². The number of halogens is 1. The van der Waals surface area contributed by atoms with Crippen LogP contribution in [0.4, 0.5) is 4.39 Å². The molecule has 1 aromatic rings. The van der Waals surface area contributed by atoms with Crippen LogP contribution in [0.25, 0.3) is 0 Å². The largest absolute Gasteiger partial charge is 0.355 e. The third-order valence-corrected chi connectivity index (χ3v) is 3.72. The van der Waals surface area contributed by atoms with E-state index in [-0.39, 0.29) is 11.7 Å². The van der Waals surface area contributed by atoms with Crippen LogP contribution in [0.15, 0.2) is 24.3 Å². The summed E-state index contributed by atoms with van der Waals surface area (Å²) in [6, 6.07) is 6.67. The van der Waals surface area contributed by atoms with Crippen LogP contribution in [0, 0.1) is 5.82 Å². The van der Waals surface area contributed by atoms with Crippen molar-refractivity contribution in [1.29, 1.82) is 0 Å². The van der Waals surface area contributed by atoms with Gasteiger partial charge < -0.3 is 5.32 Å². The van der Waals surface area contributed by atoms with Crippen molar-refractivity contribution in [2.75, 3.05) is 39.3 Å². The fourth-order valence-electron chi connectivity index (χ4n) is 2.48. The van der Waals surface area contributed by atoms with Crippen molar-refractivity contribution in [2.45, 2.75) is 19.9 Å². The molecule has 0 spiro atoms. The molecule has 0 radical (unpaired) electrons. The Morgan fingerprint density at radius 1 is 1.14 bits per heavy atom. The highest BCUT2D eigenvalue weighted by molar-refractivity contribution is 5.77. The zero-order chi connectivity index (χ0) is 15.1. The van der Waals surface area contributed by atoms with Gasteiger partial charge in [0.15, 0.2) is 0 Å². The Labute approximate surface area is 125 Å². The van der Waals surface area contributed by atoms with Crippen molar-refractivity contribution in [1.82, 2.24) is 15.1 Å². The summed E-state index contributed by atoms with van der Waals surface area (Å²) in [7, 11) is 0. The van der Waals surface area contributed by atoms with E-state index in [4.69, 9.17) is 0 Å². The first kappa shape index (κ1) is 15.9. The zero-order valence-corrected chi connectivity index (χ0v) is 12.6. The maximum absolute atomic E-state index is 12.9. The van der Waals surface area contributed by atoms with Gasteiger partial charge in [0.2, 0.25) is 5.91 Å². The Hall–Kier alpha value is -1.46. The van der Waals surface area contributed by atoms with E-state index in [9.17, 15) is 9.18 Å². The molecule has 0 aromatic heterocycles. The van der Waals surface area contributed by atoms with E-state index >= 15 is 0 Å². The van der Waals surface area contributed by atoms with Gasteiger partial charge in [-0.15, -0.1) is 0 Å². The lowest BCUT2D eigenvalue weighted by Gasteiger charge is -2.34. The van der Waals surface area contributed by atoms with Gasteiger partial charge in [0.05, 0.1) is 6.54 Å². The van der Waals surface area contributed by atoms with Crippen molar-refractivity contribution in [3.05, 3.63) is 35.6 Å². The molecule has 1 aliphatic rings. The lowest BCUT2D eigenvalue weighted by Crippen LogP contribution is -2.49. The van der Waals surface area contributed by atoms with Crippen LogP contribution in [0.3, 0.4) is 0 Å². The van der Waals surface area contributed by atoms with Gasteiger partial charge in [-0.25, -0.2) is 4.39 Å². The average Bonchev–Trinajstić information content (AvgIpc) is 2.49. The van der Waals surface area contributed by atoms with Gasteiger partial charge in [0.1, 0.15) is 5.82 Å². The van der Waals surface area contributed by atoms with Crippen molar-refractivity contribution < 1.29 is 9.18 Å². The minimum atomic E-state index is -0.193. The topological polar surface area (TPSA) is 35.6 Å². The third kappa shape index (κ3) is 5.44. The van der Waals surface area contributed by atoms with Gasteiger partial charge in [0, 0.05) is 39.3 Å². The van der Waals surface area contributed by atoms with Crippen LogP contribution in [-0.2, 0) is 11.3 Å². The van der Waals surface area contributed by atoms with Crippen molar-refractivity contribution in [3.63, 3.8) is 0 Å². The Morgan fingerprint density at radius 2 is 1.76 bits per heavy atom. The minimum Gasteiger partial charge on any atom is -0.355 e. The van der Waals surface area contributed by atoms with Crippen molar-refractivity contribution in [2.24, 2.45) is 0 Å². The fourth-order valence-corrected chi connectivity index (χ4v) is 2.48. The molecule has 2 rings (SSSR count). The van der Waals surface area contributed by atoms with E-state index < -0.39 is 0 Å². The van der Waals surface area contributed by atoms with Gasteiger partial charge in [-0.05, 0) is 24.1 Å². The summed E-state index contributed by atoms with van der Waals surface area (Å²) >= 11 is 0. The molecule has 0 aliphatic carbocycles. The molecule has 0 bridgehead atoms. The molecule has 1 aliphatic heterocycles. The Morgan fingerprint density at radius 3 is 2.38 bits per heavy atom. The third-order valence-electron chi connectivity index (χ3n) is 3.72. The molecular formula is C16H24FN3O. The van der Waals surface area contributed by atoms with Crippen LogP contribution in [0.5, 0.6) is 0 Å². The Bertz CT molecular complexity index is 441. The molecule has 0 unspecified atom stereocenters. The molecular weight excluding hydrogens is 269 g/mol. The molecule has 1 fully saturated rings. The number of carbonyl (C=O) groups is 1. The summed E-state index contributed by atoms with van der Waals surface area (Å²) < 4.78 is 12.9. The van der Waals surface area contributed by atoms with E-state index in [2.05, 4.69) is 22.0 Å². The monoisotopic (exact) mass is 293 g/mol. The number of carbonyl (C=O) groups excluding carboxylic acids is 1. The van der Waals surface area contributed by atoms with E-state index in [1.54, 1.807) is 0 Å². The molecule has 21 heavy (non-hydrogen) atoms. The highest BCUT2D eigenvalue weighted by Crippen LogP contribution is 2.09. The molecule has 1 heterocycles. The molecule has 4 nitrogen and oxygen atoms in total. The van der Waals surface area contributed by atoms with Crippen LogP contribution < -0.4 is 5.32 Å². The second-order valence-electron chi connectivity index (χ2n) is 5.53. The Balaban J connectivity index is 1.70. The van der Waals surface area contributed by atoms with Crippen LogP contribution in [-0.4, -0.2) is 55.0 Å². The fraction of sp³-hybridized carbons (Fsp3) is 0.562. The predicted octanol–water partition coefficient (Wildman–Crippen LogP) is 1.47. The molecule has 1 saturated heterocycles. The van der Waals surface area contributed by atoms with E-state index in [0.717, 1.165) is 51.3 Å². The van der Waals surface area contributed by atoms with E-state index in [1.165, 1.54) is 12.1 Å². The minimum absolute atomic E-state index is 0.115. The van der Waals surface area contributed by atoms with E-state index in [0.29, 0.717) is 6.54 Å². The summed E-state index contributed by atoms with van der Waals surface area (Å²) in [6.45, 7) is 7.83. The van der Waals surface area contributed by atoms with Crippen LogP contribution >= 0.6 is 0 Å². The smallest absolute Gasteiger partial charge is 0.234 e. The van der Waals surface area contributed by atoms with Gasteiger partial charge >= 0.3 is 0 Å². The molecule has 0 atom stereocenters. The normalized spacial score (nSPS) is 16.9. The molecule has 1 N–H and O–H groups in total. The number of hydrogen-bond acceptors (Lipinski definition) is 3. The number of benzene rings is 1. The van der Waals surface area contributed by atoms with Gasteiger partial charge in [0.25, 0.3) is 0 Å². The summed E-state index contributed by atoms with van der Waals surface area (Å²) in [5.74, 6) is -0.0782. The summed E-state index contributed by atoms with van der Waals surface area (Å²) in [4.78, 5) is 16.2. The van der Waals surface area contributed by atoms with E-state index in [1.807, 2.05) is 12.1 Å². The lowest BCUT2D eigenvalue weighted by molar-refractivity contribution is -0.122. The predicted molar refractivity (Wildman–Crippen MR) is 81.4 cm³/mol. The first-order valence-electron chi connectivity index (χ1n) is 7.63. The number of piperazine rings is 1. The number of hydrogen-bond donors (Lipinski definition) is 1. The summed E-state index contributed by atoms with van der Waals surface area (Å²) in [6.07, 6.45) is 0.969.